The van der Waals surface area contributed by atoms with E-state index >= 15 is 0 Å². The van der Waals surface area contributed by atoms with Crippen LogP contribution in [-0.4, -0.2) is 10.4 Å². The first-order chi connectivity index (χ1) is 6.68. The number of rotatable bonds is 0. The summed E-state index contributed by atoms with van der Waals surface area (Å²) < 4.78 is 0. The van der Waals surface area contributed by atoms with Crippen LogP contribution in [0.25, 0.3) is 0 Å². The average Bonchev–Trinajstić information content (AvgIpc) is 2.28. The molecule has 1 aliphatic heterocycles. The second kappa shape index (κ2) is 3.95. The molecule has 0 aliphatic carbocycles. The summed E-state index contributed by atoms with van der Waals surface area (Å²) in [5.41, 5.74) is 3.79. The fraction of sp³-hybridized carbons (Fsp3) is 0.500. The van der Waals surface area contributed by atoms with E-state index in [1.54, 1.807) is 0 Å². The lowest BCUT2D eigenvalue weighted by atomic mass is 9.97. The van der Waals surface area contributed by atoms with Gasteiger partial charge < -0.3 is 5.11 Å². The fourth-order valence-electron chi connectivity index (χ4n) is 1.97. The first-order valence-electron chi connectivity index (χ1n) is 5.06. The Morgan fingerprint density at radius 1 is 1.43 bits per heavy atom. The maximum atomic E-state index is 10.0. The molecule has 0 saturated carbocycles. The molecule has 0 spiro atoms. The molecule has 1 nitrogen and oxygen atoms in total. The molecule has 0 amide bonds. The van der Waals surface area contributed by atoms with Crippen molar-refractivity contribution in [1.82, 2.24) is 0 Å². The van der Waals surface area contributed by atoms with Crippen LogP contribution in [0, 0.1) is 6.92 Å². The molecule has 1 aliphatic rings. The molecule has 2 atom stereocenters. The van der Waals surface area contributed by atoms with E-state index in [-0.39, 0.29) is 6.10 Å². The van der Waals surface area contributed by atoms with E-state index in [0.717, 1.165) is 17.7 Å². The minimum Gasteiger partial charge on any atom is -0.388 e. The van der Waals surface area contributed by atoms with Gasteiger partial charge in [-0.1, -0.05) is 25.1 Å². The van der Waals surface area contributed by atoms with Crippen LogP contribution in [0.15, 0.2) is 18.2 Å². The summed E-state index contributed by atoms with van der Waals surface area (Å²) >= 11 is 1.94. The van der Waals surface area contributed by atoms with Gasteiger partial charge in [0.1, 0.15) is 0 Å². The molecule has 1 aromatic rings. The number of hydrogen-bond donors (Lipinski definition) is 1. The van der Waals surface area contributed by atoms with Gasteiger partial charge in [-0.25, -0.2) is 0 Å². The Hall–Kier alpha value is -0.470. The van der Waals surface area contributed by atoms with E-state index in [9.17, 15) is 5.11 Å². The third-order valence-electron chi connectivity index (χ3n) is 2.87. The summed E-state index contributed by atoms with van der Waals surface area (Å²) in [4.78, 5) is 0. The molecule has 1 unspecified atom stereocenters. The van der Waals surface area contributed by atoms with Crippen molar-refractivity contribution < 1.29 is 5.11 Å². The van der Waals surface area contributed by atoms with Gasteiger partial charge in [0.2, 0.25) is 0 Å². The van der Waals surface area contributed by atoms with Gasteiger partial charge in [-0.15, -0.1) is 0 Å². The standard InChI is InChI=1S/C12H16OS/c1-8-4-3-5-10-11(8)7-14-9(2)6-12(10)13/h3-5,9,12-13H,6-7H2,1-2H3/t9?,12-/m0/s1. The Balaban J connectivity index is 2.43. The van der Waals surface area contributed by atoms with Crippen LogP contribution in [0.5, 0.6) is 0 Å². The Labute approximate surface area is 89.5 Å². The molecule has 0 saturated heterocycles. The summed E-state index contributed by atoms with van der Waals surface area (Å²) in [6.45, 7) is 4.32. The third kappa shape index (κ3) is 1.82. The summed E-state index contributed by atoms with van der Waals surface area (Å²) in [5, 5.41) is 10.6. The molecule has 1 heterocycles. The minimum atomic E-state index is -0.269. The maximum absolute atomic E-state index is 10.0. The van der Waals surface area contributed by atoms with Gasteiger partial charge in [-0.2, -0.15) is 11.8 Å². The van der Waals surface area contributed by atoms with Gasteiger partial charge in [-0.05, 0) is 30.0 Å². The second-order valence-corrected chi connectivity index (χ2v) is 5.44. The van der Waals surface area contributed by atoms with E-state index in [1.807, 2.05) is 17.8 Å². The molecule has 1 N–H and O–H groups in total. The van der Waals surface area contributed by atoms with Crippen molar-refractivity contribution >= 4 is 11.8 Å². The molecule has 0 bridgehead atoms. The summed E-state index contributed by atoms with van der Waals surface area (Å²) in [6, 6.07) is 6.23. The highest BCUT2D eigenvalue weighted by Crippen LogP contribution is 2.35. The molecular formula is C12H16OS. The smallest absolute Gasteiger partial charge is 0.0803 e. The lowest BCUT2D eigenvalue weighted by Crippen LogP contribution is -2.03. The minimum absolute atomic E-state index is 0.269. The van der Waals surface area contributed by atoms with E-state index in [2.05, 4.69) is 26.0 Å². The largest absolute Gasteiger partial charge is 0.388 e. The molecule has 0 fully saturated rings. The molecule has 0 aromatic heterocycles. The van der Waals surface area contributed by atoms with Crippen LogP contribution in [0.1, 0.15) is 36.1 Å². The van der Waals surface area contributed by atoms with Crippen LogP contribution < -0.4 is 0 Å². The number of aryl methyl sites for hydroxylation is 1. The Kier molecular flexibility index (Phi) is 2.84. The summed E-state index contributed by atoms with van der Waals surface area (Å²) in [5.74, 6) is 1.04. The van der Waals surface area contributed by atoms with E-state index in [4.69, 9.17) is 0 Å². The topological polar surface area (TPSA) is 20.2 Å². The van der Waals surface area contributed by atoms with E-state index < -0.39 is 0 Å². The van der Waals surface area contributed by atoms with Crippen LogP contribution in [-0.2, 0) is 5.75 Å². The predicted molar refractivity (Wildman–Crippen MR) is 61.5 cm³/mol. The number of aliphatic hydroxyl groups is 1. The van der Waals surface area contributed by atoms with Crippen molar-refractivity contribution in [3.05, 3.63) is 34.9 Å². The van der Waals surface area contributed by atoms with Crippen molar-refractivity contribution in [2.24, 2.45) is 0 Å². The van der Waals surface area contributed by atoms with Crippen molar-refractivity contribution in [1.29, 1.82) is 0 Å². The van der Waals surface area contributed by atoms with Crippen molar-refractivity contribution in [2.75, 3.05) is 0 Å². The quantitative estimate of drug-likeness (QED) is 0.707. The molecular weight excluding hydrogens is 192 g/mol. The number of fused-ring (bicyclic) bond motifs is 1. The van der Waals surface area contributed by atoms with Gasteiger partial charge in [0.25, 0.3) is 0 Å². The maximum Gasteiger partial charge on any atom is 0.0803 e. The highest BCUT2D eigenvalue weighted by Gasteiger charge is 2.21. The number of benzene rings is 1. The monoisotopic (exact) mass is 208 g/mol. The first kappa shape index (κ1) is 10.1. The molecule has 1 aromatic carbocycles. The van der Waals surface area contributed by atoms with Gasteiger partial charge in [0, 0.05) is 11.0 Å². The summed E-state index contributed by atoms with van der Waals surface area (Å²) in [7, 11) is 0. The summed E-state index contributed by atoms with van der Waals surface area (Å²) in [6.07, 6.45) is 0.607. The van der Waals surface area contributed by atoms with Crippen LogP contribution in [0.4, 0.5) is 0 Å². The van der Waals surface area contributed by atoms with Gasteiger partial charge in [-0.3, -0.25) is 0 Å². The van der Waals surface area contributed by atoms with E-state index in [1.165, 1.54) is 11.1 Å². The highest BCUT2D eigenvalue weighted by molar-refractivity contribution is 7.99. The number of thioether (sulfide) groups is 1. The second-order valence-electron chi connectivity index (χ2n) is 4.02. The van der Waals surface area contributed by atoms with Crippen LogP contribution in [0.3, 0.4) is 0 Å². The Morgan fingerprint density at radius 2 is 2.21 bits per heavy atom. The lowest BCUT2D eigenvalue weighted by Gasteiger charge is -2.13. The zero-order valence-electron chi connectivity index (χ0n) is 8.66. The van der Waals surface area contributed by atoms with Crippen LogP contribution >= 0.6 is 11.8 Å². The van der Waals surface area contributed by atoms with Crippen molar-refractivity contribution in [3.63, 3.8) is 0 Å². The number of aliphatic hydroxyl groups excluding tert-OH is 1. The lowest BCUT2D eigenvalue weighted by molar-refractivity contribution is 0.168. The first-order valence-corrected chi connectivity index (χ1v) is 6.11. The molecule has 2 heteroatoms. The van der Waals surface area contributed by atoms with Crippen molar-refractivity contribution in [3.8, 4) is 0 Å². The van der Waals surface area contributed by atoms with Crippen LogP contribution in [0.2, 0.25) is 0 Å². The highest BCUT2D eigenvalue weighted by atomic mass is 32.2. The molecule has 2 rings (SSSR count). The zero-order valence-corrected chi connectivity index (χ0v) is 9.47. The van der Waals surface area contributed by atoms with Gasteiger partial charge in [0.15, 0.2) is 0 Å². The Bertz CT molecular complexity index is 335. The zero-order chi connectivity index (χ0) is 10.1. The molecule has 0 radical (unpaired) electrons. The fourth-order valence-corrected chi connectivity index (χ4v) is 3.13. The van der Waals surface area contributed by atoms with Crippen molar-refractivity contribution in [2.45, 2.75) is 37.4 Å². The average molecular weight is 208 g/mol. The SMILES string of the molecule is Cc1cccc2c1CSC(C)C[C@@H]2O. The normalized spacial score (nSPS) is 26.8. The van der Waals surface area contributed by atoms with Gasteiger partial charge >= 0.3 is 0 Å². The molecule has 76 valence electrons. The predicted octanol–water partition coefficient (Wildman–Crippen LogP) is 3.05. The molecule has 14 heavy (non-hydrogen) atoms. The Morgan fingerprint density at radius 3 is 3.00 bits per heavy atom. The van der Waals surface area contributed by atoms with Gasteiger partial charge in [0.05, 0.1) is 6.10 Å². The van der Waals surface area contributed by atoms with E-state index in [0.29, 0.717) is 5.25 Å². The third-order valence-corrected chi connectivity index (χ3v) is 4.09. The number of hydrogen-bond acceptors (Lipinski definition) is 2.